The van der Waals surface area contributed by atoms with E-state index < -0.39 is 11.9 Å². The standard InChI is InChI=1S/C29H27N3O3/c1-21(24-16-11-19-26(20-24)35-25-17-9-4-10-18-25)28(33)31-32-29(34)30-27(22-12-5-2-6-13-22)23-14-7-3-8-15-23/h2-21,27H,1H3,(H,31,33)(H2,30,32,34). The molecule has 0 spiro atoms. The number of hydrogen-bond donors (Lipinski definition) is 3. The average Bonchev–Trinajstić information content (AvgIpc) is 2.91. The first kappa shape index (κ1) is 23.6. The minimum atomic E-state index is -0.510. The molecule has 4 aromatic carbocycles. The van der Waals surface area contributed by atoms with E-state index >= 15 is 0 Å². The second kappa shape index (κ2) is 11.5. The molecule has 0 heterocycles. The van der Waals surface area contributed by atoms with Crippen molar-refractivity contribution in [3.05, 3.63) is 132 Å². The Morgan fingerprint density at radius 2 is 1.14 bits per heavy atom. The summed E-state index contributed by atoms with van der Waals surface area (Å²) in [7, 11) is 0. The van der Waals surface area contributed by atoms with Gasteiger partial charge in [0.1, 0.15) is 11.5 Å². The zero-order valence-corrected chi connectivity index (χ0v) is 19.3. The fourth-order valence-corrected chi connectivity index (χ4v) is 3.67. The van der Waals surface area contributed by atoms with Crippen LogP contribution < -0.4 is 20.9 Å². The number of nitrogens with one attached hydrogen (secondary N) is 3. The van der Waals surface area contributed by atoms with E-state index in [1.54, 1.807) is 6.92 Å². The lowest BCUT2D eigenvalue weighted by Crippen LogP contribution is -2.49. The van der Waals surface area contributed by atoms with Crippen molar-refractivity contribution >= 4 is 11.9 Å². The molecule has 0 fully saturated rings. The first-order valence-electron chi connectivity index (χ1n) is 11.4. The summed E-state index contributed by atoms with van der Waals surface area (Å²) in [5, 5.41) is 2.94. The van der Waals surface area contributed by atoms with Crippen LogP contribution in [0.15, 0.2) is 115 Å². The van der Waals surface area contributed by atoms with Gasteiger partial charge in [-0.15, -0.1) is 0 Å². The molecule has 0 bridgehead atoms. The average molecular weight is 466 g/mol. The molecule has 3 amide bonds. The van der Waals surface area contributed by atoms with Gasteiger partial charge in [-0.3, -0.25) is 10.2 Å². The Labute approximate surface area is 204 Å². The fourth-order valence-electron chi connectivity index (χ4n) is 3.67. The van der Waals surface area contributed by atoms with Crippen molar-refractivity contribution in [3.8, 4) is 11.5 Å². The topological polar surface area (TPSA) is 79.5 Å². The molecule has 0 aliphatic heterocycles. The first-order chi connectivity index (χ1) is 17.1. The number of hydrazine groups is 1. The van der Waals surface area contributed by atoms with Crippen molar-refractivity contribution in [2.45, 2.75) is 18.9 Å². The van der Waals surface area contributed by atoms with E-state index in [2.05, 4.69) is 16.2 Å². The third kappa shape index (κ3) is 6.48. The van der Waals surface area contributed by atoms with Crippen LogP contribution in [0.1, 0.15) is 35.6 Å². The molecule has 4 aromatic rings. The van der Waals surface area contributed by atoms with Gasteiger partial charge in [0.2, 0.25) is 5.91 Å². The lowest BCUT2D eigenvalue weighted by molar-refractivity contribution is -0.122. The molecule has 35 heavy (non-hydrogen) atoms. The van der Waals surface area contributed by atoms with Crippen molar-refractivity contribution in [3.63, 3.8) is 0 Å². The van der Waals surface area contributed by atoms with Crippen LogP contribution in [0, 0.1) is 0 Å². The molecule has 0 saturated heterocycles. The molecule has 0 radical (unpaired) electrons. The molecule has 0 aromatic heterocycles. The Bertz CT molecular complexity index is 1210. The van der Waals surface area contributed by atoms with E-state index in [0.717, 1.165) is 16.7 Å². The van der Waals surface area contributed by atoms with Gasteiger partial charge < -0.3 is 10.1 Å². The third-order valence-electron chi connectivity index (χ3n) is 5.57. The monoisotopic (exact) mass is 465 g/mol. The summed E-state index contributed by atoms with van der Waals surface area (Å²) in [6.45, 7) is 1.77. The Balaban J connectivity index is 1.37. The van der Waals surface area contributed by atoms with Gasteiger partial charge in [0.15, 0.2) is 0 Å². The number of carbonyl (C=O) groups excluding carboxylic acids is 2. The summed E-state index contributed by atoms with van der Waals surface area (Å²) in [5.74, 6) is 0.501. The molecule has 0 saturated carbocycles. The molecule has 3 N–H and O–H groups in total. The highest BCUT2D eigenvalue weighted by molar-refractivity contribution is 5.86. The van der Waals surface area contributed by atoms with E-state index in [0.29, 0.717) is 11.5 Å². The summed E-state index contributed by atoms with van der Waals surface area (Å²) in [5.41, 5.74) is 7.63. The second-order valence-electron chi connectivity index (χ2n) is 8.05. The van der Waals surface area contributed by atoms with Crippen molar-refractivity contribution in [1.82, 2.24) is 16.2 Å². The van der Waals surface area contributed by atoms with Gasteiger partial charge in [0, 0.05) is 0 Å². The Kier molecular flexibility index (Phi) is 7.76. The number of rotatable bonds is 7. The van der Waals surface area contributed by atoms with Crippen LogP contribution in [0.5, 0.6) is 11.5 Å². The summed E-state index contributed by atoms with van der Waals surface area (Å²) < 4.78 is 5.86. The predicted octanol–water partition coefficient (Wildman–Crippen LogP) is 5.70. The third-order valence-corrected chi connectivity index (χ3v) is 5.57. The fraction of sp³-hybridized carbons (Fsp3) is 0.103. The van der Waals surface area contributed by atoms with Gasteiger partial charge in [-0.1, -0.05) is 91.0 Å². The Hall–Kier alpha value is -4.58. The smallest absolute Gasteiger partial charge is 0.334 e. The van der Waals surface area contributed by atoms with Gasteiger partial charge in [-0.25, -0.2) is 10.2 Å². The van der Waals surface area contributed by atoms with Crippen LogP contribution in [0.4, 0.5) is 4.79 Å². The molecule has 4 rings (SSSR count). The van der Waals surface area contributed by atoms with Gasteiger partial charge >= 0.3 is 6.03 Å². The molecule has 1 unspecified atom stereocenters. The summed E-state index contributed by atoms with van der Waals surface area (Å²) in [4.78, 5) is 25.4. The van der Waals surface area contributed by atoms with Crippen LogP contribution in [0.25, 0.3) is 0 Å². The maximum atomic E-state index is 12.7. The minimum absolute atomic E-state index is 0.340. The number of amides is 3. The van der Waals surface area contributed by atoms with Crippen molar-refractivity contribution < 1.29 is 14.3 Å². The zero-order chi connectivity index (χ0) is 24.5. The molecule has 176 valence electrons. The maximum Gasteiger partial charge on any atom is 0.334 e. The highest BCUT2D eigenvalue weighted by Crippen LogP contribution is 2.25. The van der Waals surface area contributed by atoms with E-state index in [1.165, 1.54) is 0 Å². The minimum Gasteiger partial charge on any atom is -0.457 e. The second-order valence-corrected chi connectivity index (χ2v) is 8.05. The van der Waals surface area contributed by atoms with Crippen LogP contribution in [0.2, 0.25) is 0 Å². The highest BCUT2D eigenvalue weighted by atomic mass is 16.5. The molecule has 6 nitrogen and oxygen atoms in total. The molecule has 0 aliphatic rings. The lowest BCUT2D eigenvalue weighted by atomic mass is 9.99. The number of para-hydroxylation sites is 1. The van der Waals surface area contributed by atoms with E-state index in [1.807, 2.05) is 115 Å². The van der Waals surface area contributed by atoms with Gasteiger partial charge in [-0.2, -0.15) is 0 Å². The predicted molar refractivity (Wildman–Crippen MR) is 136 cm³/mol. The molecule has 6 heteroatoms. The van der Waals surface area contributed by atoms with Gasteiger partial charge in [0.25, 0.3) is 0 Å². The number of carbonyl (C=O) groups is 2. The van der Waals surface area contributed by atoms with Crippen LogP contribution in [-0.2, 0) is 4.79 Å². The number of hydrogen-bond acceptors (Lipinski definition) is 3. The maximum absolute atomic E-state index is 12.7. The Morgan fingerprint density at radius 3 is 1.74 bits per heavy atom. The number of urea groups is 1. The summed E-state index contributed by atoms with van der Waals surface area (Å²) in [6, 6.07) is 35.2. The number of benzene rings is 4. The molecular formula is C29H27N3O3. The van der Waals surface area contributed by atoms with E-state index in [4.69, 9.17) is 4.74 Å². The lowest BCUT2D eigenvalue weighted by Gasteiger charge is -2.21. The SMILES string of the molecule is CC(C(=O)NNC(=O)NC(c1ccccc1)c1ccccc1)c1cccc(Oc2ccccc2)c1. The van der Waals surface area contributed by atoms with Crippen LogP contribution in [-0.4, -0.2) is 11.9 Å². The van der Waals surface area contributed by atoms with Crippen LogP contribution in [0.3, 0.4) is 0 Å². The normalized spacial score (nSPS) is 11.4. The summed E-state index contributed by atoms with van der Waals surface area (Å²) >= 11 is 0. The van der Waals surface area contributed by atoms with Crippen molar-refractivity contribution in [1.29, 1.82) is 0 Å². The molecular weight excluding hydrogens is 438 g/mol. The quantitative estimate of drug-likeness (QED) is 0.306. The Morgan fingerprint density at radius 1 is 0.629 bits per heavy atom. The molecule has 0 aliphatic carbocycles. The first-order valence-corrected chi connectivity index (χ1v) is 11.4. The van der Waals surface area contributed by atoms with Crippen molar-refractivity contribution in [2.24, 2.45) is 0 Å². The highest BCUT2D eigenvalue weighted by Gasteiger charge is 2.19. The molecule has 1 atom stereocenters. The largest absolute Gasteiger partial charge is 0.457 e. The van der Waals surface area contributed by atoms with E-state index in [9.17, 15) is 9.59 Å². The van der Waals surface area contributed by atoms with Gasteiger partial charge in [-0.05, 0) is 47.9 Å². The summed E-state index contributed by atoms with van der Waals surface area (Å²) in [6.07, 6.45) is 0. The van der Waals surface area contributed by atoms with Gasteiger partial charge in [0.05, 0.1) is 12.0 Å². The zero-order valence-electron chi connectivity index (χ0n) is 19.3. The number of ether oxygens (including phenoxy) is 1. The van der Waals surface area contributed by atoms with Crippen molar-refractivity contribution in [2.75, 3.05) is 0 Å². The van der Waals surface area contributed by atoms with E-state index in [-0.39, 0.29) is 11.9 Å². The van der Waals surface area contributed by atoms with Crippen LogP contribution >= 0.6 is 0 Å².